The highest BCUT2D eigenvalue weighted by molar-refractivity contribution is 5.91. The second-order valence-electron chi connectivity index (χ2n) is 7.31. The minimum atomic E-state index is -0.372. The van der Waals surface area contributed by atoms with Crippen molar-refractivity contribution in [2.75, 3.05) is 7.05 Å². The molecular weight excluding hydrogens is 419 g/mol. The summed E-state index contributed by atoms with van der Waals surface area (Å²) in [5, 5.41) is 0. The number of nitrogens with zero attached hydrogens (tertiary/aromatic N) is 4. The van der Waals surface area contributed by atoms with E-state index >= 15 is 0 Å². The Morgan fingerprint density at radius 3 is 2.76 bits per heavy atom. The molecule has 4 N–H and O–H groups in total. The number of dihydropyridines is 1. The van der Waals surface area contributed by atoms with Crippen molar-refractivity contribution < 1.29 is 9.13 Å². The Morgan fingerprint density at radius 2 is 2.12 bits per heavy atom. The number of aromatic nitrogens is 2. The Morgan fingerprint density at radius 1 is 1.33 bits per heavy atom. The number of rotatable bonds is 6. The molecule has 1 aromatic carbocycles. The van der Waals surface area contributed by atoms with Gasteiger partial charge < -0.3 is 16.2 Å². The molecule has 2 aromatic rings. The Balaban J connectivity index is 1.93. The molecule has 170 valence electrons. The van der Waals surface area contributed by atoms with E-state index in [4.69, 9.17) is 16.2 Å². The summed E-state index contributed by atoms with van der Waals surface area (Å²) in [7, 11) is 1.60. The molecule has 0 aliphatic carbocycles. The molecule has 1 unspecified atom stereocenters. The van der Waals surface area contributed by atoms with Crippen LogP contribution < -0.4 is 16.2 Å². The van der Waals surface area contributed by atoms with Gasteiger partial charge in [-0.1, -0.05) is 18.8 Å². The van der Waals surface area contributed by atoms with E-state index in [9.17, 15) is 4.39 Å². The summed E-state index contributed by atoms with van der Waals surface area (Å²) < 4.78 is 19.3. The van der Waals surface area contributed by atoms with Crippen LogP contribution in [0, 0.1) is 11.8 Å². The largest absolute Gasteiger partial charge is 0.439 e. The average molecular weight is 447 g/mol. The first-order chi connectivity index (χ1) is 16.0. The third-order valence-electron chi connectivity index (χ3n) is 4.80. The van der Waals surface area contributed by atoms with Crippen molar-refractivity contribution >= 4 is 12.1 Å². The summed E-state index contributed by atoms with van der Waals surface area (Å²) in [5.74, 6) is 7.16. The van der Waals surface area contributed by atoms with E-state index in [1.807, 2.05) is 18.2 Å². The molecule has 0 spiro atoms. The standard InChI is InChI=1S/C25H27FN6O/c1-3-4-5-6-17-7-9-20(25-31-14-18(13-27)15-32-25)23(11-17)33-24(29-2)12-21(28)22-10-8-19(26)16-30-22/h7-9,11-12,14-16,22H,3-4,10,13,27-28H2,1-2H3. The van der Waals surface area contributed by atoms with Crippen LogP contribution in [0.3, 0.4) is 0 Å². The number of unbranched alkanes of at least 4 members (excludes halogenated alkanes) is 1. The van der Waals surface area contributed by atoms with Crippen molar-refractivity contribution in [3.8, 4) is 29.0 Å². The molecule has 0 bridgehead atoms. The van der Waals surface area contributed by atoms with Crippen LogP contribution in [0.15, 0.2) is 64.3 Å². The van der Waals surface area contributed by atoms with Gasteiger partial charge in [0.1, 0.15) is 11.6 Å². The number of hydrogen-bond acceptors (Lipinski definition) is 7. The van der Waals surface area contributed by atoms with Crippen LogP contribution in [-0.2, 0) is 6.54 Å². The molecule has 2 heterocycles. The van der Waals surface area contributed by atoms with Crippen LogP contribution >= 0.6 is 0 Å². The maximum atomic E-state index is 13.2. The third kappa shape index (κ3) is 6.57. The Labute approximate surface area is 193 Å². The van der Waals surface area contributed by atoms with E-state index in [-0.39, 0.29) is 17.8 Å². The lowest BCUT2D eigenvalue weighted by Crippen LogP contribution is -2.20. The van der Waals surface area contributed by atoms with Gasteiger partial charge in [-0.05, 0) is 37.1 Å². The number of aliphatic imine (C=N–C) groups is 2. The van der Waals surface area contributed by atoms with E-state index in [0.717, 1.165) is 30.2 Å². The van der Waals surface area contributed by atoms with E-state index < -0.39 is 0 Å². The summed E-state index contributed by atoms with van der Waals surface area (Å²) in [5.41, 5.74) is 14.6. The molecule has 1 atom stereocenters. The molecule has 0 amide bonds. The molecular formula is C25H27FN6O. The molecule has 0 saturated carbocycles. The highest BCUT2D eigenvalue weighted by Crippen LogP contribution is 2.29. The van der Waals surface area contributed by atoms with Crippen molar-refractivity contribution in [3.05, 3.63) is 65.4 Å². The molecule has 33 heavy (non-hydrogen) atoms. The van der Waals surface area contributed by atoms with Gasteiger partial charge >= 0.3 is 0 Å². The first-order valence-corrected chi connectivity index (χ1v) is 10.7. The third-order valence-corrected chi connectivity index (χ3v) is 4.80. The van der Waals surface area contributed by atoms with Gasteiger partial charge in [0.2, 0.25) is 5.90 Å². The van der Waals surface area contributed by atoms with Crippen LogP contribution in [0.5, 0.6) is 5.75 Å². The molecule has 1 aliphatic heterocycles. The number of hydrogen-bond donors (Lipinski definition) is 2. The maximum Gasteiger partial charge on any atom is 0.216 e. The van der Waals surface area contributed by atoms with E-state index in [1.54, 1.807) is 25.5 Å². The predicted octanol–water partition coefficient (Wildman–Crippen LogP) is 3.70. The fraction of sp³-hybridized carbons (Fsp3) is 0.280. The van der Waals surface area contributed by atoms with Gasteiger partial charge in [-0.15, -0.1) is 0 Å². The summed E-state index contributed by atoms with van der Waals surface area (Å²) >= 11 is 0. The SMILES string of the molecule is CCCC#Cc1ccc(-c2ncc(CN)cn2)c(OC(C=C(N)C2CC=C(F)C=N2)=NC)c1. The summed E-state index contributed by atoms with van der Waals surface area (Å²) in [6.45, 7) is 2.44. The first-order valence-electron chi connectivity index (χ1n) is 10.7. The molecule has 1 aromatic heterocycles. The van der Waals surface area contributed by atoms with Crippen LogP contribution in [-0.4, -0.2) is 35.2 Å². The second kappa shape index (κ2) is 11.7. The van der Waals surface area contributed by atoms with Crippen molar-refractivity contribution in [3.63, 3.8) is 0 Å². The lowest BCUT2D eigenvalue weighted by Gasteiger charge is -2.15. The highest BCUT2D eigenvalue weighted by Gasteiger charge is 2.16. The quantitative estimate of drug-likeness (QED) is 0.399. The van der Waals surface area contributed by atoms with Gasteiger partial charge in [-0.25, -0.2) is 14.4 Å². The van der Waals surface area contributed by atoms with Gasteiger partial charge in [0.05, 0.1) is 17.8 Å². The molecule has 7 nitrogen and oxygen atoms in total. The number of halogens is 1. The minimum Gasteiger partial charge on any atom is -0.439 e. The predicted molar refractivity (Wildman–Crippen MR) is 129 cm³/mol. The van der Waals surface area contributed by atoms with Crippen molar-refractivity contribution in [1.29, 1.82) is 0 Å². The van der Waals surface area contributed by atoms with Crippen molar-refractivity contribution in [2.45, 2.75) is 38.8 Å². The second-order valence-corrected chi connectivity index (χ2v) is 7.31. The van der Waals surface area contributed by atoms with E-state index in [2.05, 4.69) is 38.7 Å². The average Bonchev–Trinajstić information content (AvgIpc) is 2.84. The van der Waals surface area contributed by atoms with Gasteiger partial charge in [-0.3, -0.25) is 9.98 Å². The van der Waals surface area contributed by atoms with Crippen LogP contribution in [0.2, 0.25) is 0 Å². The van der Waals surface area contributed by atoms with E-state index in [0.29, 0.717) is 35.8 Å². The smallest absolute Gasteiger partial charge is 0.216 e. The highest BCUT2D eigenvalue weighted by atomic mass is 19.1. The number of nitrogens with two attached hydrogens (primary N) is 2. The van der Waals surface area contributed by atoms with Crippen molar-refractivity contribution in [2.24, 2.45) is 21.5 Å². The molecule has 3 rings (SSSR count). The number of allylic oxidation sites excluding steroid dienone is 1. The monoisotopic (exact) mass is 446 g/mol. The zero-order chi connectivity index (χ0) is 23.6. The minimum absolute atomic E-state index is 0.274. The molecule has 1 aliphatic rings. The van der Waals surface area contributed by atoms with Gasteiger partial charge in [0.25, 0.3) is 0 Å². The van der Waals surface area contributed by atoms with Crippen molar-refractivity contribution in [1.82, 2.24) is 9.97 Å². The number of benzene rings is 1. The zero-order valence-electron chi connectivity index (χ0n) is 18.8. The normalized spacial score (nSPS) is 16.1. The zero-order valence-corrected chi connectivity index (χ0v) is 18.8. The molecule has 0 saturated heterocycles. The maximum absolute atomic E-state index is 13.2. The molecule has 0 fully saturated rings. The lowest BCUT2D eigenvalue weighted by atomic mass is 10.1. The fourth-order valence-corrected chi connectivity index (χ4v) is 2.97. The van der Waals surface area contributed by atoms with Crippen LogP contribution in [0.25, 0.3) is 11.4 Å². The number of ether oxygens (including phenoxy) is 1. The topological polar surface area (TPSA) is 112 Å². The fourth-order valence-electron chi connectivity index (χ4n) is 2.97. The van der Waals surface area contributed by atoms with Gasteiger partial charge in [0, 0.05) is 55.3 Å². The van der Waals surface area contributed by atoms with Gasteiger partial charge in [0.15, 0.2) is 5.82 Å². The Kier molecular flexibility index (Phi) is 8.44. The van der Waals surface area contributed by atoms with E-state index in [1.165, 1.54) is 6.08 Å². The van der Waals surface area contributed by atoms with Gasteiger partial charge in [-0.2, -0.15) is 0 Å². The van der Waals surface area contributed by atoms with Crippen LogP contribution in [0.4, 0.5) is 4.39 Å². The lowest BCUT2D eigenvalue weighted by molar-refractivity contribution is 0.554. The summed E-state index contributed by atoms with van der Waals surface area (Å²) in [4.78, 5) is 17.1. The summed E-state index contributed by atoms with van der Waals surface area (Å²) in [6.07, 6.45) is 9.73. The van der Waals surface area contributed by atoms with Crippen LogP contribution in [0.1, 0.15) is 37.3 Å². The first kappa shape index (κ1) is 23.8. The Hall–Kier alpha value is -3.83. The molecule has 0 radical (unpaired) electrons. The summed E-state index contributed by atoms with van der Waals surface area (Å²) in [6, 6.07) is 5.21. The molecule has 8 heteroatoms. The Bertz CT molecular complexity index is 1160.